The Balaban J connectivity index is 1.70. The number of phosphoric acid groups is 2. The summed E-state index contributed by atoms with van der Waals surface area (Å²) >= 11 is 0. The number of fused-ring (bicyclic) bond motifs is 1. The summed E-state index contributed by atoms with van der Waals surface area (Å²) in [5, 5.41) is 28.3. The summed E-state index contributed by atoms with van der Waals surface area (Å²) < 4.78 is 41.8. The molecule has 1 saturated heterocycles. The molecule has 1 fully saturated rings. The average Bonchev–Trinajstić information content (AvgIpc) is 3.20. The third kappa shape index (κ3) is 5.67. The Bertz CT molecular complexity index is 1020. The van der Waals surface area contributed by atoms with E-state index in [1.807, 2.05) is 6.92 Å². The van der Waals surface area contributed by atoms with Crippen LogP contribution in [0.1, 0.15) is 18.8 Å². The van der Waals surface area contributed by atoms with Gasteiger partial charge in [0.05, 0.1) is 12.3 Å². The lowest BCUT2D eigenvalue weighted by Crippen LogP contribution is -2.33. The molecular formula is C11H18N5O12P3. The molecule has 17 nitrogen and oxygen atoms in total. The maximum absolute atomic E-state index is 11.8. The Morgan fingerprint density at radius 3 is 2.55 bits per heavy atom. The van der Waals surface area contributed by atoms with Gasteiger partial charge in [0, 0.05) is 0 Å². The zero-order valence-electron chi connectivity index (χ0n) is 15.5. The molecule has 20 heteroatoms. The number of aliphatic hydroxyl groups is 2. The highest BCUT2D eigenvalue weighted by Crippen LogP contribution is 2.64. The first-order valence-corrected chi connectivity index (χ1v) is 12.5. The van der Waals surface area contributed by atoms with Gasteiger partial charge in [-0.25, -0.2) is 23.4 Å². The van der Waals surface area contributed by atoms with E-state index in [0.717, 1.165) is 4.68 Å². The standard InChI is InChI=1S/C11H18N5O12P3/c1-2-5-7-10(13-4-12-5)16(15-14-7)11-9(18)8(17)6(26-11)3-25-30(21,22)28-31(23,24)27-29(19)20/h4,6,8-9,11,17-20H,2-3H2,1H3,(H,21,22)(H,23,24). The Kier molecular flexibility index (Phi) is 7.50. The molecule has 31 heavy (non-hydrogen) atoms. The molecule has 1 aliphatic rings. The first kappa shape index (κ1) is 24.6. The predicted molar refractivity (Wildman–Crippen MR) is 97.5 cm³/mol. The second kappa shape index (κ2) is 9.45. The SMILES string of the molecule is CCc1ncnc2c1nnn2C1OC(COP(=O)(O)OP(=O)(O)OP(O)O)C(O)C1O. The largest absolute Gasteiger partial charge is 0.487 e. The molecule has 0 amide bonds. The molecule has 6 unspecified atom stereocenters. The number of aromatic nitrogens is 5. The fourth-order valence-corrected chi connectivity index (χ4v) is 5.43. The molecule has 0 spiro atoms. The van der Waals surface area contributed by atoms with Crippen LogP contribution in [0.4, 0.5) is 0 Å². The van der Waals surface area contributed by atoms with Gasteiger partial charge >= 0.3 is 24.2 Å². The molecule has 174 valence electrons. The van der Waals surface area contributed by atoms with Crippen LogP contribution in [-0.2, 0) is 33.4 Å². The van der Waals surface area contributed by atoms with E-state index < -0.39 is 55.4 Å². The Labute approximate surface area is 174 Å². The summed E-state index contributed by atoms with van der Waals surface area (Å²) in [6, 6.07) is 0. The minimum absolute atomic E-state index is 0.212. The third-order valence-corrected chi connectivity index (χ3v) is 7.57. The van der Waals surface area contributed by atoms with Gasteiger partial charge in [-0.3, -0.25) is 4.52 Å². The molecule has 0 saturated carbocycles. The monoisotopic (exact) mass is 505 g/mol. The van der Waals surface area contributed by atoms with Crippen LogP contribution < -0.4 is 0 Å². The number of aliphatic hydroxyl groups excluding tert-OH is 2. The highest BCUT2D eigenvalue weighted by molar-refractivity contribution is 7.65. The summed E-state index contributed by atoms with van der Waals surface area (Å²) in [6.45, 7) is 0.962. The van der Waals surface area contributed by atoms with Gasteiger partial charge in [0.15, 0.2) is 17.4 Å². The normalized spacial score (nSPS) is 28.1. The first-order chi connectivity index (χ1) is 14.4. The van der Waals surface area contributed by atoms with Gasteiger partial charge in [0.1, 0.15) is 24.6 Å². The van der Waals surface area contributed by atoms with Gasteiger partial charge in [0.2, 0.25) is 0 Å². The molecular weight excluding hydrogens is 487 g/mol. The maximum Gasteiger partial charge on any atom is 0.487 e. The number of phosphoric ester groups is 1. The van der Waals surface area contributed by atoms with Gasteiger partial charge in [-0.2, -0.15) is 8.99 Å². The zero-order chi connectivity index (χ0) is 23.0. The van der Waals surface area contributed by atoms with Gasteiger partial charge in [-0.05, 0) is 6.42 Å². The molecule has 3 heterocycles. The molecule has 6 atom stereocenters. The van der Waals surface area contributed by atoms with E-state index in [2.05, 4.69) is 33.4 Å². The number of nitrogens with zero attached hydrogens (tertiary/aromatic N) is 5. The fourth-order valence-electron chi connectivity index (χ4n) is 2.74. The predicted octanol–water partition coefficient (Wildman–Crippen LogP) is -1.14. The zero-order valence-corrected chi connectivity index (χ0v) is 18.2. The van der Waals surface area contributed by atoms with Crippen LogP contribution in [0.5, 0.6) is 0 Å². The molecule has 2 aromatic heterocycles. The van der Waals surface area contributed by atoms with Crippen molar-refractivity contribution in [3.8, 4) is 0 Å². The van der Waals surface area contributed by atoms with Crippen molar-refractivity contribution in [2.24, 2.45) is 0 Å². The quantitative estimate of drug-likeness (QED) is 0.220. The van der Waals surface area contributed by atoms with Crippen LogP contribution >= 0.6 is 24.2 Å². The highest BCUT2D eigenvalue weighted by atomic mass is 31.3. The highest BCUT2D eigenvalue weighted by Gasteiger charge is 2.47. The number of ether oxygens (including phenoxy) is 1. The van der Waals surface area contributed by atoms with Crippen LogP contribution in [-0.4, -0.2) is 79.7 Å². The summed E-state index contributed by atoms with van der Waals surface area (Å²) in [5.41, 5.74) is 1.16. The van der Waals surface area contributed by atoms with Crippen molar-refractivity contribution in [1.82, 2.24) is 25.0 Å². The van der Waals surface area contributed by atoms with E-state index in [-0.39, 0.29) is 5.65 Å². The van der Waals surface area contributed by atoms with E-state index in [1.165, 1.54) is 6.33 Å². The Hall–Kier alpha value is -1.03. The molecule has 6 N–H and O–H groups in total. The van der Waals surface area contributed by atoms with E-state index in [9.17, 15) is 24.2 Å². The van der Waals surface area contributed by atoms with Crippen LogP contribution in [0.3, 0.4) is 0 Å². The van der Waals surface area contributed by atoms with Gasteiger partial charge in [0.25, 0.3) is 0 Å². The van der Waals surface area contributed by atoms with Crippen molar-refractivity contribution < 1.29 is 56.8 Å². The molecule has 1 aliphatic heterocycles. The Morgan fingerprint density at radius 1 is 1.19 bits per heavy atom. The van der Waals surface area contributed by atoms with Crippen molar-refractivity contribution >= 4 is 35.4 Å². The average molecular weight is 505 g/mol. The van der Waals surface area contributed by atoms with Crippen LogP contribution in [0.25, 0.3) is 11.2 Å². The van der Waals surface area contributed by atoms with Crippen LogP contribution in [0, 0.1) is 0 Å². The van der Waals surface area contributed by atoms with Gasteiger partial charge in [-0.15, -0.1) is 5.10 Å². The van der Waals surface area contributed by atoms with E-state index in [4.69, 9.17) is 19.4 Å². The van der Waals surface area contributed by atoms with Gasteiger partial charge < -0.3 is 34.5 Å². The summed E-state index contributed by atoms with van der Waals surface area (Å²) in [4.78, 5) is 43.9. The summed E-state index contributed by atoms with van der Waals surface area (Å²) in [5.74, 6) is 0. The second-order valence-corrected chi connectivity index (χ2v) is 10.0. The lowest BCUT2D eigenvalue weighted by atomic mass is 10.1. The number of hydrogen-bond donors (Lipinski definition) is 6. The second-order valence-electron chi connectivity index (χ2n) is 6.08. The minimum atomic E-state index is -5.34. The molecule has 3 rings (SSSR count). The van der Waals surface area contributed by atoms with Crippen molar-refractivity contribution in [1.29, 1.82) is 0 Å². The number of hydrogen-bond acceptors (Lipinski definition) is 14. The Morgan fingerprint density at radius 2 is 1.90 bits per heavy atom. The maximum atomic E-state index is 11.8. The topological polar surface area (TPSA) is 249 Å². The van der Waals surface area contributed by atoms with Crippen molar-refractivity contribution in [2.75, 3.05) is 6.61 Å². The molecule has 0 aromatic carbocycles. The first-order valence-electron chi connectivity index (χ1n) is 8.39. The number of aryl methyl sites for hydroxylation is 1. The molecule has 0 bridgehead atoms. The molecule has 0 aliphatic carbocycles. The molecule has 0 radical (unpaired) electrons. The number of rotatable bonds is 9. The molecule has 2 aromatic rings. The third-order valence-electron chi connectivity index (χ3n) is 4.03. The van der Waals surface area contributed by atoms with Crippen molar-refractivity contribution in [3.63, 3.8) is 0 Å². The van der Waals surface area contributed by atoms with E-state index in [0.29, 0.717) is 17.6 Å². The van der Waals surface area contributed by atoms with Crippen molar-refractivity contribution in [3.05, 3.63) is 12.0 Å². The summed E-state index contributed by atoms with van der Waals surface area (Å²) in [6.07, 6.45) is -4.11. The summed E-state index contributed by atoms with van der Waals surface area (Å²) in [7, 11) is -14.0. The van der Waals surface area contributed by atoms with Crippen LogP contribution in [0.2, 0.25) is 0 Å². The van der Waals surface area contributed by atoms with Crippen LogP contribution in [0.15, 0.2) is 6.33 Å². The lowest BCUT2D eigenvalue weighted by Gasteiger charge is -2.18. The van der Waals surface area contributed by atoms with E-state index >= 15 is 0 Å². The smallest absolute Gasteiger partial charge is 0.387 e. The van der Waals surface area contributed by atoms with Gasteiger partial charge in [-0.1, -0.05) is 12.1 Å². The van der Waals surface area contributed by atoms with Crippen molar-refractivity contribution in [2.45, 2.75) is 37.9 Å². The lowest BCUT2D eigenvalue weighted by molar-refractivity contribution is -0.0566. The fraction of sp³-hybridized carbons (Fsp3) is 0.636. The van der Waals surface area contributed by atoms with E-state index in [1.54, 1.807) is 0 Å². The minimum Gasteiger partial charge on any atom is -0.387 e.